The molecule has 2 heterocycles. The zero-order valence-electron chi connectivity index (χ0n) is 12.8. The molecule has 116 valence electrons. The summed E-state index contributed by atoms with van der Waals surface area (Å²) in [7, 11) is 0. The lowest BCUT2D eigenvalue weighted by molar-refractivity contribution is -0.211. The first kappa shape index (κ1) is 15.3. The van der Waals surface area contributed by atoms with E-state index < -0.39 is 12.1 Å². The Hall–Kier alpha value is -1.64. The highest BCUT2D eigenvalue weighted by Crippen LogP contribution is 2.39. The third-order valence-electron chi connectivity index (χ3n) is 3.66. The average Bonchev–Trinajstić information content (AvgIpc) is 2.96. The predicted molar refractivity (Wildman–Crippen MR) is 82.7 cm³/mol. The summed E-state index contributed by atoms with van der Waals surface area (Å²) in [6.45, 7) is 3.94. The van der Waals surface area contributed by atoms with Crippen LogP contribution >= 0.6 is 0 Å². The Morgan fingerprint density at radius 1 is 1.27 bits per heavy atom. The first-order valence-electron chi connectivity index (χ1n) is 7.38. The second kappa shape index (κ2) is 6.23. The molecule has 22 heavy (non-hydrogen) atoms. The van der Waals surface area contributed by atoms with Crippen molar-refractivity contribution in [1.29, 1.82) is 0 Å². The van der Waals surface area contributed by atoms with E-state index in [1.807, 2.05) is 56.3 Å². The molecule has 0 N–H and O–H groups in total. The van der Waals surface area contributed by atoms with Gasteiger partial charge in [0.05, 0.1) is 0 Å². The summed E-state index contributed by atoms with van der Waals surface area (Å²) in [5.41, 5.74) is 1.10. The minimum atomic E-state index is -0.665. The van der Waals surface area contributed by atoms with Crippen LogP contribution in [0.5, 0.6) is 0 Å². The molecule has 2 aliphatic heterocycles. The van der Waals surface area contributed by atoms with Gasteiger partial charge in [0.1, 0.15) is 24.9 Å². The van der Waals surface area contributed by atoms with Gasteiger partial charge < -0.3 is 18.9 Å². The van der Waals surface area contributed by atoms with E-state index in [0.717, 1.165) is 5.56 Å². The molecule has 0 aliphatic carbocycles. The minimum Gasteiger partial charge on any atom is -0.360 e. The Morgan fingerprint density at radius 3 is 2.77 bits per heavy atom. The van der Waals surface area contributed by atoms with E-state index in [1.54, 1.807) is 0 Å². The van der Waals surface area contributed by atoms with Crippen molar-refractivity contribution >= 4 is 6.08 Å². The molecule has 4 nitrogen and oxygen atoms in total. The van der Waals surface area contributed by atoms with Crippen LogP contribution in [-0.4, -0.2) is 37.0 Å². The Morgan fingerprint density at radius 2 is 2.05 bits per heavy atom. The van der Waals surface area contributed by atoms with Crippen LogP contribution in [0.3, 0.4) is 0 Å². The van der Waals surface area contributed by atoms with Crippen LogP contribution in [0.1, 0.15) is 19.4 Å². The van der Waals surface area contributed by atoms with Crippen molar-refractivity contribution in [3.63, 3.8) is 0 Å². The highest BCUT2D eigenvalue weighted by molar-refractivity contribution is 5.49. The van der Waals surface area contributed by atoms with Crippen LogP contribution in [0.2, 0.25) is 0 Å². The number of hydrogen-bond acceptors (Lipinski definition) is 4. The van der Waals surface area contributed by atoms with Crippen molar-refractivity contribution in [2.24, 2.45) is 0 Å². The van der Waals surface area contributed by atoms with Crippen molar-refractivity contribution in [2.75, 3.05) is 6.61 Å². The minimum absolute atomic E-state index is 0.219. The lowest BCUT2D eigenvalue weighted by Gasteiger charge is -2.24. The lowest BCUT2D eigenvalue weighted by atomic mass is 10.1. The van der Waals surface area contributed by atoms with E-state index in [-0.39, 0.29) is 24.9 Å². The molecule has 0 spiro atoms. The number of ether oxygens (including phenoxy) is 4. The van der Waals surface area contributed by atoms with Gasteiger partial charge in [0.2, 0.25) is 0 Å². The van der Waals surface area contributed by atoms with Gasteiger partial charge in [0.25, 0.3) is 0 Å². The highest BCUT2D eigenvalue weighted by Gasteiger charge is 2.54. The lowest BCUT2D eigenvalue weighted by Crippen LogP contribution is -2.36. The van der Waals surface area contributed by atoms with Gasteiger partial charge in [-0.25, -0.2) is 0 Å². The van der Waals surface area contributed by atoms with E-state index >= 15 is 0 Å². The third kappa shape index (κ3) is 3.23. The quantitative estimate of drug-likeness (QED) is 0.801. The normalized spacial score (nSPS) is 33.0. The van der Waals surface area contributed by atoms with Gasteiger partial charge in [-0.2, -0.15) is 0 Å². The number of fused-ring (bicyclic) bond motifs is 1. The molecule has 4 heteroatoms. The molecule has 1 aromatic rings. The highest BCUT2D eigenvalue weighted by atomic mass is 16.8. The Bertz CT molecular complexity index is 572. The predicted octanol–water partition coefficient (Wildman–Crippen LogP) is 2.59. The number of hydrogen-bond donors (Lipinski definition) is 0. The monoisotopic (exact) mass is 300 g/mol. The maximum Gasteiger partial charge on any atom is 0.190 e. The summed E-state index contributed by atoms with van der Waals surface area (Å²) in [6, 6.07) is 10.0. The Labute approximate surface area is 131 Å². The molecule has 0 aromatic heterocycles. The van der Waals surface area contributed by atoms with Gasteiger partial charge in [0.15, 0.2) is 12.1 Å². The maximum atomic E-state index is 5.92. The topological polar surface area (TPSA) is 36.9 Å². The van der Waals surface area contributed by atoms with Crippen molar-refractivity contribution in [2.45, 2.75) is 44.2 Å². The van der Waals surface area contributed by atoms with E-state index in [9.17, 15) is 0 Å². The fourth-order valence-electron chi connectivity index (χ4n) is 2.76. The van der Waals surface area contributed by atoms with Gasteiger partial charge in [-0.15, -0.1) is 6.42 Å². The van der Waals surface area contributed by atoms with Crippen LogP contribution in [0.4, 0.5) is 0 Å². The van der Waals surface area contributed by atoms with Gasteiger partial charge >= 0.3 is 0 Å². The van der Waals surface area contributed by atoms with Crippen LogP contribution in [0.15, 0.2) is 36.4 Å². The average molecular weight is 300 g/mol. The summed E-state index contributed by atoms with van der Waals surface area (Å²) in [5.74, 6) is 1.83. The van der Waals surface area contributed by atoms with Crippen LogP contribution in [-0.2, 0) is 18.9 Å². The first-order valence-corrected chi connectivity index (χ1v) is 7.38. The van der Waals surface area contributed by atoms with Gasteiger partial charge in [0, 0.05) is 0 Å². The summed E-state index contributed by atoms with van der Waals surface area (Å²) in [4.78, 5) is 0. The smallest absolute Gasteiger partial charge is 0.190 e. The van der Waals surface area contributed by atoms with Gasteiger partial charge in [-0.3, -0.25) is 0 Å². The molecule has 0 amide bonds. The molecule has 0 radical (unpaired) electrons. The molecule has 2 saturated heterocycles. The zero-order chi connectivity index (χ0) is 15.6. The molecule has 0 bridgehead atoms. The van der Waals surface area contributed by atoms with Crippen molar-refractivity contribution in [3.8, 4) is 12.3 Å². The first-order chi connectivity index (χ1) is 10.6. The summed E-state index contributed by atoms with van der Waals surface area (Å²) in [5, 5.41) is 0. The largest absolute Gasteiger partial charge is 0.360 e. The number of terminal acetylenes is 1. The molecule has 0 saturated carbocycles. The second-order valence-corrected chi connectivity index (χ2v) is 5.82. The third-order valence-corrected chi connectivity index (χ3v) is 3.66. The van der Waals surface area contributed by atoms with Crippen LogP contribution in [0, 0.1) is 12.3 Å². The van der Waals surface area contributed by atoms with E-state index in [0.29, 0.717) is 0 Å². The Balaban J connectivity index is 1.74. The van der Waals surface area contributed by atoms with E-state index in [1.165, 1.54) is 0 Å². The molecule has 2 fully saturated rings. The van der Waals surface area contributed by atoms with E-state index in [2.05, 4.69) is 5.92 Å². The van der Waals surface area contributed by atoms with Crippen molar-refractivity contribution < 1.29 is 18.9 Å². The molecule has 0 unspecified atom stereocenters. The summed E-state index contributed by atoms with van der Waals surface area (Å²) < 4.78 is 23.3. The zero-order valence-corrected chi connectivity index (χ0v) is 12.8. The van der Waals surface area contributed by atoms with Crippen LogP contribution < -0.4 is 0 Å². The molecule has 4 atom stereocenters. The van der Waals surface area contributed by atoms with Crippen molar-refractivity contribution in [3.05, 3.63) is 42.0 Å². The van der Waals surface area contributed by atoms with Crippen LogP contribution in [0.25, 0.3) is 6.08 Å². The standard InChI is InChI=1S/C18H20O4/c1-4-12-19-15-14(11-10-13-8-6-5-7-9-13)20-17-16(15)21-18(2,3)22-17/h1,5-11,14-17H,12H2,2-3H3/b11-10+/t14-,15+,16-,17-/m1/s1. The molecule has 2 aliphatic rings. The number of benzene rings is 1. The Kier molecular flexibility index (Phi) is 4.32. The number of rotatable bonds is 4. The molecule has 1 aromatic carbocycles. The fourth-order valence-corrected chi connectivity index (χ4v) is 2.76. The van der Waals surface area contributed by atoms with E-state index in [4.69, 9.17) is 25.4 Å². The fraction of sp³-hybridized carbons (Fsp3) is 0.444. The molecular weight excluding hydrogens is 280 g/mol. The second-order valence-electron chi connectivity index (χ2n) is 5.82. The summed E-state index contributed by atoms with van der Waals surface area (Å²) >= 11 is 0. The summed E-state index contributed by atoms with van der Waals surface area (Å²) in [6.07, 6.45) is 8.05. The SMILES string of the molecule is C#CCO[C@@H]1[C@H]2OC(C)(C)O[C@H]2O[C@@H]1/C=C/c1ccccc1. The molecular formula is C18H20O4. The maximum absolute atomic E-state index is 5.92. The van der Waals surface area contributed by atoms with Gasteiger partial charge in [-0.1, -0.05) is 48.4 Å². The molecule has 3 rings (SSSR count). The van der Waals surface area contributed by atoms with Crippen molar-refractivity contribution in [1.82, 2.24) is 0 Å². The van der Waals surface area contributed by atoms with Gasteiger partial charge in [-0.05, 0) is 19.4 Å².